The number of ether oxygens (including phenoxy) is 3. The molecule has 0 aliphatic heterocycles. The number of nitrogens with zero attached hydrogens (tertiary/aromatic N) is 1. The van der Waals surface area contributed by atoms with Crippen molar-refractivity contribution in [2.75, 3.05) is 41.0 Å². The number of rotatable bonds is 40. The zero-order valence-corrected chi connectivity index (χ0v) is 35.5. The lowest BCUT2D eigenvalue weighted by Crippen LogP contribution is -2.50. The largest absolute Gasteiger partial charge is 0.477 e. The fourth-order valence-electron chi connectivity index (χ4n) is 6.68. The highest BCUT2D eigenvalue weighted by Crippen LogP contribution is 2.16. The molecule has 0 aromatic heterocycles. The fraction of sp³-hybridized carbons (Fsp3) is 0.889. The summed E-state index contributed by atoms with van der Waals surface area (Å²) < 4.78 is 17.2. The van der Waals surface area contributed by atoms with Crippen LogP contribution < -0.4 is 0 Å². The Bertz CT molecular complexity index is 885. The number of carboxylic acid groups (broad SMARTS) is 1. The Labute approximate surface area is 327 Å². The maximum atomic E-state index is 12.6. The quantitative estimate of drug-likeness (QED) is 0.0288. The molecule has 0 spiro atoms. The second-order valence-corrected chi connectivity index (χ2v) is 16.3. The summed E-state index contributed by atoms with van der Waals surface area (Å²) in [7, 11) is 5.52. The number of likely N-dealkylation sites (N-methyl/N-ethyl adjacent to an activating group) is 1. The van der Waals surface area contributed by atoms with Crippen molar-refractivity contribution in [1.82, 2.24) is 0 Å². The first-order valence-corrected chi connectivity index (χ1v) is 22.2. The number of esters is 2. The van der Waals surface area contributed by atoms with E-state index >= 15 is 0 Å². The van der Waals surface area contributed by atoms with Gasteiger partial charge in [-0.1, -0.05) is 167 Å². The van der Waals surface area contributed by atoms with Crippen LogP contribution in [0.2, 0.25) is 0 Å². The zero-order chi connectivity index (χ0) is 39.3. The van der Waals surface area contributed by atoms with Crippen molar-refractivity contribution >= 4 is 17.9 Å². The Morgan fingerprint density at radius 2 is 0.962 bits per heavy atom. The van der Waals surface area contributed by atoms with E-state index in [1.165, 1.54) is 135 Å². The van der Waals surface area contributed by atoms with E-state index in [1.54, 1.807) is 0 Å². The first-order chi connectivity index (χ1) is 25.6. The van der Waals surface area contributed by atoms with Gasteiger partial charge in [-0.25, -0.2) is 4.79 Å². The van der Waals surface area contributed by atoms with Crippen LogP contribution in [-0.2, 0) is 28.6 Å². The molecule has 8 nitrogen and oxygen atoms in total. The summed E-state index contributed by atoms with van der Waals surface area (Å²) in [6, 6.07) is -0.613. The number of hydrogen-bond donors (Lipinski definition) is 1. The van der Waals surface area contributed by atoms with Crippen LogP contribution in [0.25, 0.3) is 0 Å². The van der Waals surface area contributed by atoms with Crippen LogP contribution in [0.3, 0.4) is 0 Å². The van der Waals surface area contributed by atoms with E-state index in [4.69, 9.17) is 14.2 Å². The Balaban J connectivity index is 4.18. The molecule has 312 valence electrons. The van der Waals surface area contributed by atoms with Gasteiger partial charge in [-0.3, -0.25) is 9.59 Å². The lowest BCUT2D eigenvalue weighted by Gasteiger charge is -2.31. The molecule has 1 N–H and O–H groups in total. The molecule has 2 unspecified atom stereocenters. The minimum Gasteiger partial charge on any atom is -0.477 e. The average Bonchev–Trinajstić information content (AvgIpc) is 3.11. The van der Waals surface area contributed by atoms with Gasteiger partial charge in [0.05, 0.1) is 34.4 Å². The zero-order valence-electron chi connectivity index (χ0n) is 35.5. The van der Waals surface area contributed by atoms with Gasteiger partial charge in [0.1, 0.15) is 6.61 Å². The van der Waals surface area contributed by atoms with Gasteiger partial charge in [0.15, 0.2) is 12.1 Å². The van der Waals surface area contributed by atoms with Gasteiger partial charge in [0.2, 0.25) is 0 Å². The molecule has 0 saturated heterocycles. The van der Waals surface area contributed by atoms with Crippen molar-refractivity contribution < 1.29 is 38.2 Å². The Morgan fingerprint density at radius 3 is 1.42 bits per heavy atom. The Morgan fingerprint density at radius 1 is 0.547 bits per heavy atom. The first kappa shape index (κ1) is 51.1. The van der Waals surface area contributed by atoms with Crippen LogP contribution in [0.5, 0.6) is 0 Å². The highest BCUT2D eigenvalue weighted by Gasteiger charge is 2.31. The monoisotopic (exact) mass is 753 g/mol. The van der Waals surface area contributed by atoms with E-state index in [0.29, 0.717) is 19.3 Å². The van der Waals surface area contributed by atoms with Gasteiger partial charge < -0.3 is 23.8 Å². The number of carbonyl (C=O) groups is 3. The smallest absolute Gasteiger partial charge is 0.362 e. The van der Waals surface area contributed by atoms with Gasteiger partial charge >= 0.3 is 17.9 Å². The third kappa shape index (κ3) is 35.5. The second-order valence-electron chi connectivity index (χ2n) is 16.3. The Hall–Kier alpha value is -1.93. The molecule has 0 radical (unpaired) electrons. The molecule has 0 aliphatic carbocycles. The molecule has 0 saturated carbocycles. The van der Waals surface area contributed by atoms with Gasteiger partial charge in [0, 0.05) is 19.3 Å². The first-order valence-electron chi connectivity index (χ1n) is 22.2. The average molecular weight is 753 g/mol. The molecule has 0 rings (SSSR count). The lowest BCUT2D eigenvalue weighted by molar-refractivity contribution is -0.887. The summed E-state index contributed by atoms with van der Waals surface area (Å²) in [6.07, 6.45) is 38.5. The minimum absolute atomic E-state index is 0.0550. The van der Waals surface area contributed by atoms with Crippen LogP contribution in [0, 0.1) is 0 Å². The van der Waals surface area contributed by atoms with E-state index in [2.05, 4.69) is 26.0 Å². The van der Waals surface area contributed by atoms with Crippen molar-refractivity contribution in [3.63, 3.8) is 0 Å². The molecule has 0 bridgehead atoms. The van der Waals surface area contributed by atoms with E-state index in [-0.39, 0.29) is 42.7 Å². The Kier molecular flexibility index (Phi) is 35.7. The number of quaternary nitrogens is 1. The predicted octanol–water partition coefficient (Wildman–Crippen LogP) is 11.9. The minimum atomic E-state index is -0.877. The molecule has 0 amide bonds. The summed E-state index contributed by atoms with van der Waals surface area (Å²) in [5, 5.41) is 9.59. The molecule has 0 fully saturated rings. The topological polar surface area (TPSA) is 99.1 Å². The third-order valence-electron chi connectivity index (χ3n) is 10.2. The number of allylic oxidation sites excluding steroid dienone is 2. The molecule has 0 heterocycles. The van der Waals surface area contributed by atoms with Crippen LogP contribution in [-0.4, -0.2) is 80.6 Å². The summed E-state index contributed by atoms with van der Waals surface area (Å²) in [6.45, 7) is 4.69. The number of carbonyl (C=O) groups excluding carboxylic acids is 2. The van der Waals surface area contributed by atoms with Gasteiger partial charge in [-0.2, -0.15) is 0 Å². The number of unbranched alkanes of at least 4 members (excludes halogenated alkanes) is 24. The molecular formula is C45H86NO7+. The fourth-order valence-corrected chi connectivity index (χ4v) is 6.68. The lowest BCUT2D eigenvalue weighted by atomic mass is 10.0. The molecule has 53 heavy (non-hydrogen) atoms. The van der Waals surface area contributed by atoms with Crippen LogP contribution in [0.15, 0.2) is 12.2 Å². The van der Waals surface area contributed by atoms with Gasteiger partial charge in [-0.15, -0.1) is 0 Å². The second kappa shape index (κ2) is 37.0. The van der Waals surface area contributed by atoms with Crippen molar-refractivity contribution in [1.29, 1.82) is 0 Å². The van der Waals surface area contributed by atoms with Crippen molar-refractivity contribution in [3.8, 4) is 0 Å². The van der Waals surface area contributed by atoms with E-state index in [0.717, 1.165) is 32.1 Å². The molecule has 8 heteroatoms. The SMILES string of the molecule is CCCCCC/C=C/CCCC(=O)OC(COCCC(C(=O)O)[N+](C)(C)C)COC(=O)CCCCCCCCCCCCCCCCCCCCCC. The predicted molar refractivity (Wildman–Crippen MR) is 220 cm³/mol. The molecule has 0 aliphatic rings. The molecule has 0 aromatic rings. The summed E-state index contributed by atoms with van der Waals surface area (Å²) in [5.74, 6) is -1.50. The van der Waals surface area contributed by atoms with Crippen molar-refractivity contribution in [3.05, 3.63) is 12.2 Å². The summed E-state index contributed by atoms with van der Waals surface area (Å²) in [5.41, 5.74) is 0. The third-order valence-corrected chi connectivity index (χ3v) is 10.2. The van der Waals surface area contributed by atoms with Crippen molar-refractivity contribution in [2.24, 2.45) is 0 Å². The number of carboxylic acids is 1. The molecule has 0 aromatic carbocycles. The van der Waals surface area contributed by atoms with Gasteiger partial charge in [-0.05, 0) is 32.1 Å². The summed E-state index contributed by atoms with van der Waals surface area (Å²) >= 11 is 0. The van der Waals surface area contributed by atoms with Crippen LogP contribution in [0.4, 0.5) is 0 Å². The maximum absolute atomic E-state index is 12.6. The number of hydrogen-bond acceptors (Lipinski definition) is 6. The van der Waals surface area contributed by atoms with Crippen LogP contribution in [0.1, 0.15) is 206 Å². The molecular weight excluding hydrogens is 666 g/mol. The standard InChI is InChI=1S/C45H85NO7/c1-6-8-10-12-14-16-17-18-19-20-21-22-23-24-25-26-28-29-31-33-35-43(47)52-40-41(39-51-38-37-42(45(49)50)46(3,4)5)53-44(48)36-34-32-30-27-15-13-11-9-7-2/h27,30,41-42H,6-26,28-29,31-40H2,1-5H3/p+1/b30-27+. The highest BCUT2D eigenvalue weighted by atomic mass is 16.6. The number of aliphatic carboxylic acids is 1. The van der Waals surface area contributed by atoms with Crippen molar-refractivity contribution in [2.45, 2.75) is 219 Å². The van der Waals surface area contributed by atoms with Gasteiger partial charge in [0.25, 0.3) is 0 Å². The summed E-state index contributed by atoms with van der Waals surface area (Å²) in [4.78, 5) is 36.8. The van der Waals surface area contributed by atoms with Crippen LogP contribution >= 0.6 is 0 Å². The molecule has 2 atom stereocenters. The van der Waals surface area contributed by atoms with E-state index in [1.807, 2.05) is 21.1 Å². The highest BCUT2D eigenvalue weighted by molar-refractivity contribution is 5.72. The van der Waals surface area contributed by atoms with E-state index < -0.39 is 18.1 Å². The van der Waals surface area contributed by atoms with E-state index in [9.17, 15) is 19.5 Å². The maximum Gasteiger partial charge on any atom is 0.362 e. The normalized spacial score (nSPS) is 13.0.